The van der Waals surface area contributed by atoms with Crippen molar-refractivity contribution >= 4 is 11.6 Å². The number of benzene rings is 1. The lowest BCUT2D eigenvalue weighted by molar-refractivity contribution is 0.288. The number of aliphatic hydroxyl groups is 1. The van der Waals surface area contributed by atoms with E-state index in [-0.39, 0.29) is 11.6 Å². The number of nitrogens with zero attached hydrogens (tertiary/aromatic N) is 1. The lowest BCUT2D eigenvalue weighted by atomic mass is 10.0. The maximum absolute atomic E-state index is 13.3. The molecule has 0 spiro atoms. The fourth-order valence-electron chi connectivity index (χ4n) is 1.59. The maximum atomic E-state index is 13.3. The molecule has 1 heterocycles. The summed E-state index contributed by atoms with van der Waals surface area (Å²) in [4.78, 5) is 0. The van der Waals surface area contributed by atoms with Gasteiger partial charge in [0.25, 0.3) is 0 Å². The van der Waals surface area contributed by atoms with Gasteiger partial charge in [0.05, 0.1) is 5.02 Å². The van der Waals surface area contributed by atoms with Crippen LogP contribution in [0, 0.1) is 5.82 Å². The summed E-state index contributed by atoms with van der Waals surface area (Å²) in [6.07, 6.45) is 2.77. The number of aliphatic hydroxyl groups excluding tert-OH is 1. The molecule has 0 fully saturated rings. The van der Waals surface area contributed by atoms with Crippen LogP contribution in [0.25, 0.3) is 11.3 Å². The molecular weight excluding hydrogens is 245 g/mol. The molecule has 17 heavy (non-hydrogen) atoms. The summed E-state index contributed by atoms with van der Waals surface area (Å²) < 4.78 is 18.2. The van der Waals surface area contributed by atoms with E-state index in [0.29, 0.717) is 24.1 Å². The molecule has 1 aromatic carbocycles. The van der Waals surface area contributed by atoms with Gasteiger partial charge in [0.15, 0.2) is 0 Å². The van der Waals surface area contributed by atoms with Crippen molar-refractivity contribution in [1.82, 2.24) is 5.16 Å². The first-order valence-electron chi connectivity index (χ1n) is 5.22. The largest absolute Gasteiger partial charge is 0.396 e. The minimum Gasteiger partial charge on any atom is -0.396 e. The summed E-state index contributed by atoms with van der Waals surface area (Å²) in [5.74, 6) is -0.486. The zero-order chi connectivity index (χ0) is 12.3. The van der Waals surface area contributed by atoms with E-state index in [2.05, 4.69) is 5.16 Å². The Hall–Kier alpha value is -1.39. The van der Waals surface area contributed by atoms with E-state index in [1.807, 2.05) is 0 Å². The van der Waals surface area contributed by atoms with Crippen LogP contribution in [-0.4, -0.2) is 16.9 Å². The molecule has 0 bridgehead atoms. The zero-order valence-corrected chi connectivity index (χ0v) is 9.75. The van der Waals surface area contributed by atoms with Crippen LogP contribution in [0.4, 0.5) is 4.39 Å². The van der Waals surface area contributed by atoms with Crippen LogP contribution < -0.4 is 0 Å². The highest BCUT2D eigenvalue weighted by Gasteiger charge is 2.11. The van der Waals surface area contributed by atoms with Crippen LogP contribution in [0.5, 0.6) is 0 Å². The molecule has 0 unspecified atom stereocenters. The van der Waals surface area contributed by atoms with Crippen molar-refractivity contribution in [3.8, 4) is 11.3 Å². The van der Waals surface area contributed by atoms with Crippen molar-refractivity contribution in [1.29, 1.82) is 0 Å². The van der Waals surface area contributed by atoms with E-state index in [1.165, 1.54) is 18.4 Å². The van der Waals surface area contributed by atoms with Crippen LogP contribution in [0.2, 0.25) is 5.02 Å². The fourth-order valence-corrected chi connectivity index (χ4v) is 1.70. The number of hydrogen-bond donors (Lipinski definition) is 1. The van der Waals surface area contributed by atoms with Crippen LogP contribution in [-0.2, 0) is 6.42 Å². The smallest absolute Gasteiger partial charge is 0.142 e. The normalized spacial score (nSPS) is 10.8. The van der Waals surface area contributed by atoms with Crippen molar-refractivity contribution in [2.75, 3.05) is 6.61 Å². The average Bonchev–Trinajstić information content (AvgIpc) is 2.78. The second kappa shape index (κ2) is 5.29. The number of rotatable bonds is 4. The van der Waals surface area contributed by atoms with Gasteiger partial charge in [-0.15, -0.1) is 0 Å². The highest BCUT2D eigenvalue weighted by atomic mass is 35.5. The monoisotopic (exact) mass is 255 g/mol. The first-order chi connectivity index (χ1) is 8.22. The Morgan fingerprint density at radius 3 is 2.94 bits per heavy atom. The van der Waals surface area contributed by atoms with Crippen molar-refractivity contribution < 1.29 is 14.0 Å². The Morgan fingerprint density at radius 1 is 1.41 bits per heavy atom. The molecule has 1 N–H and O–H groups in total. The minimum absolute atomic E-state index is 0.0779. The van der Waals surface area contributed by atoms with Gasteiger partial charge in [-0.2, -0.15) is 0 Å². The Bertz CT molecular complexity index is 513. The summed E-state index contributed by atoms with van der Waals surface area (Å²) in [6, 6.07) is 4.49. The average molecular weight is 256 g/mol. The van der Waals surface area contributed by atoms with E-state index in [9.17, 15) is 4.39 Å². The first-order valence-corrected chi connectivity index (χ1v) is 5.59. The number of halogens is 2. The molecule has 0 atom stereocenters. The van der Waals surface area contributed by atoms with E-state index in [1.54, 1.807) is 6.07 Å². The Labute approximate surface area is 103 Å². The summed E-state index contributed by atoms with van der Waals surface area (Å²) in [6.45, 7) is 0.0968. The standard InChI is InChI=1S/C12H11ClFNO2/c13-10-4-3-8(6-11(10)14)12-9(2-1-5-16)7-17-15-12/h3-4,6-7,16H,1-2,5H2. The van der Waals surface area contributed by atoms with Crippen molar-refractivity contribution in [2.24, 2.45) is 0 Å². The molecule has 0 aliphatic heterocycles. The van der Waals surface area contributed by atoms with Crippen LogP contribution >= 0.6 is 11.6 Å². The molecule has 0 saturated heterocycles. The van der Waals surface area contributed by atoms with Gasteiger partial charge in [-0.3, -0.25) is 0 Å². The van der Waals surface area contributed by atoms with E-state index in [4.69, 9.17) is 21.2 Å². The highest BCUT2D eigenvalue weighted by molar-refractivity contribution is 6.30. The Kier molecular flexibility index (Phi) is 3.76. The molecule has 0 aliphatic rings. The number of aryl methyl sites for hydroxylation is 1. The van der Waals surface area contributed by atoms with Gasteiger partial charge < -0.3 is 9.63 Å². The summed E-state index contributed by atoms with van der Waals surface area (Å²) in [7, 11) is 0. The molecule has 3 nitrogen and oxygen atoms in total. The van der Waals surface area contributed by atoms with Gasteiger partial charge in [0, 0.05) is 17.7 Å². The number of hydrogen-bond acceptors (Lipinski definition) is 3. The molecule has 1 aromatic heterocycles. The molecule has 5 heteroatoms. The van der Waals surface area contributed by atoms with Crippen LogP contribution in [0.1, 0.15) is 12.0 Å². The summed E-state index contributed by atoms with van der Waals surface area (Å²) >= 11 is 5.61. The second-order valence-electron chi connectivity index (χ2n) is 3.64. The highest BCUT2D eigenvalue weighted by Crippen LogP contribution is 2.26. The quantitative estimate of drug-likeness (QED) is 0.913. The third-order valence-corrected chi connectivity index (χ3v) is 2.75. The van der Waals surface area contributed by atoms with Gasteiger partial charge in [-0.25, -0.2) is 4.39 Å². The van der Waals surface area contributed by atoms with E-state index < -0.39 is 5.82 Å². The molecule has 90 valence electrons. The van der Waals surface area contributed by atoms with Crippen LogP contribution in [0.15, 0.2) is 29.0 Å². The summed E-state index contributed by atoms with van der Waals surface area (Å²) in [5.41, 5.74) is 2.06. The van der Waals surface area contributed by atoms with Crippen LogP contribution in [0.3, 0.4) is 0 Å². The first kappa shape index (κ1) is 12.1. The zero-order valence-electron chi connectivity index (χ0n) is 8.99. The van der Waals surface area contributed by atoms with Gasteiger partial charge in [0.1, 0.15) is 17.8 Å². The SMILES string of the molecule is OCCCc1conc1-c1ccc(Cl)c(F)c1. The lowest BCUT2D eigenvalue weighted by Crippen LogP contribution is -1.91. The van der Waals surface area contributed by atoms with E-state index in [0.717, 1.165) is 5.56 Å². The Morgan fingerprint density at radius 2 is 2.24 bits per heavy atom. The molecule has 0 amide bonds. The van der Waals surface area contributed by atoms with Gasteiger partial charge in [0.2, 0.25) is 0 Å². The van der Waals surface area contributed by atoms with E-state index >= 15 is 0 Å². The molecule has 0 aliphatic carbocycles. The van der Waals surface area contributed by atoms with Crippen molar-refractivity contribution in [2.45, 2.75) is 12.8 Å². The van der Waals surface area contributed by atoms with Gasteiger partial charge in [-0.05, 0) is 25.0 Å². The van der Waals surface area contributed by atoms with Gasteiger partial charge >= 0.3 is 0 Å². The predicted molar refractivity (Wildman–Crippen MR) is 62.3 cm³/mol. The molecule has 2 aromatic rings. The molecular formula is C12H11ClFNO2. The topological polar surface area (TPSA) is 46.3 Å². The lowest BCUT2D eigenvalue weighted by Gasteiger charge is -2.01. The summed E-state index contributed by atoms with van der Waals surface area (Å²) in [5, 5.41) is 12.7. The third kappa shape index (κ3) is 2.65. The maximum Gasteiger partial charge on any atom is 0.142 e. The third-order valence-electron chi connectivity index (χ3n) is 2.44. The molecule has 2 rings (SSSR count). The minimum atomic E-state index is -0.486. The molecule has 0 radical (unpaired) electrons. The number of aromatic nitrogens is 1. The second-order valence-corrected chi connectivity index (χ2v) is 4.05. The Balaban J connectivity index is 2.32. The fraction of sp³-hybridized carbons (Fsp3) is 0.250. The van der Waals surface area contributed by atoms with Crippen molar-refractivity contribution in [3.63, 3.8) is 0 Å². The molecule has 0 saturated carbocycles. The van der Waals surface area contributed by atoms with Crippen molar-refractivity contribution in [3.05, 3.63) is 40.9 Å². The van der Waals surface area contributed by atoms with Gasteiger partial charge in [-0.1, -0.05) is 22.8 Å². The predicted octanol–water partition coefficient (Wildman–Crippen LogP) is 3.06.